The summed E-state index contributed by atoms with van der Waals surface area (Å²) in [6.45, 7) is 1.44. The molecule has 0 radical (unpaired) electrons. The normalized spacial score (nSPS) is 10.3. The molecule has 1 aromatic rings. The zero-order chi connectivity index (χ0) is 11.3. The fraction of sp³-hybridized carbons (Fsp3) is 0.0909. The molecule has 1 amide bonds. The van der Waals surface area contributed by atoms with Gasteiger partial charge in [0, 0.05) is 12.6 Å². The molecule has 0 unspecified atom stereocenters. The monoisotopic (exact) mass is 223 g/mol. The Kier molecular flexibility index (Phi) is 4.06. The maximum absolute atomic E-state index is 10.7. The number of allylic oxidation sites excluding steroid dienone is 1. The zero-order valence-electron chi connectivity index (χ0n) is 8.16. The minimum Gasteiger partial charge on any atom is -0.326 e. The quantitative estimate of drug-likeness (QED) is 0.632. The van der Waals surface area contributed by atoms with Gasteiger partial charge in [0.25, 0.3) is 0 Å². The number of halogens is 1. The number of hydrogen-bond acceptors (Lipinski definition) is 2. The molecule has 0 fully saturated rings. The second-order valence-corrected chi connectivity index (χ2v) is 3.31. The van der Waals surface area contributed by atoms with E-state index < -0.39 is 5.24 Å². The molecule has 0 bridgehead atoms. The van der Waals surface area contributed by atoms with Crippen LogP contribution in [-0.2, 0) is 9.59 Å². The van der Waals surface area contributed by atoms with Gasteiger partial charge in [-0.1, -0.05) is 18.2 Å². The summed E-state index contributed by atoms with van der Waals surface area (Å²) in [4.78, 5) is 21.2. The van der Waals surface area contributed by atoms with Crippen LogP contribution in [0, 0.1) is 0 Å². The summed E-state index contributed by atoms with van der Waals surface area (Å²) >= 11 is 5.15. The predicted molar refractivity (Wildman–Crippen MR) is 60.6 cm³/mol. The molecule has 1 aromatic carbocycles. The van der Waals surface area contributed by atoms with E-state index in [0.717, 1.165) is 11.3 Å². The molecule has 0 heterocycles. The SMILES string of the molecule is CC(=O)Nc1ccc(/C=C/C(=O)Cl)cc1. The molecule has 0 aliphatic heterocycles. The van der Waals surface area contributed by atoms with Crippen molar-refractivity contribution in [3.05, 3.63) is 35.9 Å². The third-order valence-electron chi connectivity index (χ3n) is 1.64. The molecule has 0 aliphatic carbocycles. The van der Waals surface area contributed by atoms with Crippen molar-refractivity contribution in [3.63, 3.8) is 0 Å². The lowest BCUT2D eigenvalue weighted by Gasteiger charge is -2.01. The first kappa shape index (κ1) is 11.5. The van der Waals surface area contributed by atoms with Gasteiger partial charge in [-0.15, -0.1) is 0 Å². The highest BCUT2D eigenvalue weighted by molar-refractivity contribution is 6.66. The number of anilines is 1. The van der Waals surface area contributed by atoms with Crippen molar-refractivity contribution in [1.29, 1.82) is 0 Å². The van der Waals surface area contributed by atoms with Gasteiger partial charge < -0.3 is 5.32 Å². The third-order valence-corrected chi connectivity index (χ3v) is 1.76. The Labute approximate surface area is 92.7 Å². The van der Waals surface area contributed by atoms with E-state index in [1.165, 1.54) is 13.0 Å². The largest absolute Gasteiger partial charge is 0.326 e. The molecule has 0 saturated heterocycles. The van der Waals surface area contributed by atoms with Crippen LogP contribution in [0.2, 0.25) is 0 Å². The maximum atomic E-state index is 10.7. The van der Waals surface area contributed by atoms with E-state index >= 15 is 0 Å². The van der Waals surface area contributed by atoms with Gasteiger partial charge in [-0.2, -0.15) is 0 Å². The fourth-order valence-corrected chi connectivity index (χ4v) is 1.11. The summed E-state index contributed by atoms with van der Waals surface area (Å²) in [5, 5.41) is 2.13. The molecule has 0 spiro atoms. The number of nitrogens with one attached hydrogen (secondary N) is 1. The first-order valence-electron chi connectivity index (χ1n) is 4.33. The molecule has 78 valence electrons. The Morgan fingerprint density at radius 2 is 1.87 bits per heavy atom. The Morgan fingerprint density at radius 1 is 1.27 bits per heavy atom. The fourth-order valence-electron chi connectivity index (χ4n) is 1.04. The number of carbonyl (C=O) groups excluding carboxylic acids is 2. The van der Waals surface area contributed by atoms with Crippen molar-refractivity contribution in [2.24, 2.45) is 0 Å². The van der Waals surface area contributed by atoms with Crippen LogP contribution in [0.4, 0.5) is 5.69 Å². The highest BCUT2D eigenvalue weighted by atomic mass is 35.5. The van der Waals surface area contributed by atoms with Gasteiger partial charge in [-0.25, -0.2) is 0 Å². The van der Waals surface area contributed by atoms with Crippen LogP contribution in [0.5, 0.6) is 0 Å². The average molecular weight is 224 g/mol. The molecule has 15 heavy (non-hydrogen) atoms. The summed E-state index contributed by atoms with van der Waals surface area (Å²) < 4.78 is 0. The highest BCUT2D eigenvalue weighted by Gasteiger charge is 1.94. The minimum absolute atomic E-state index is 0.116. The minimum atomic E-state index is -0.513. The number of carbonyl (C=O) groups is 2. The Bertz CT molecular complexity index is 396. The van der Waals surface area contributed by atoms with E-state index in [1.54, 1.807) is 30.3 Å². The van der Waals surface area contributed by atoms with Crippen LogP contribution in [-0.4, -0.2) is 11.1 Å². The van der Waals surface area contributed by atoms with E-state index in [-0.39, 0.29) is 5.91 Å². The molecular weight excluding hydrogens is 214 g/mol. The standard InChI is InChI=1S/C11H10ClNO2/c1-8(14)13-10-5-2-9(3-6-10)4-7-11(12)15/h2-7H,1H3,(H,13,14)/b7-4+. The van der Waals surface area contributed by atoms with Gasteiger partial charge in [-0.05, 0) is 35.4 Å². The molecule has 1 rings (SSSR count). The number of hydrogen-bond donors (Lipinski definition) is 1. The second kappa shape index (κ2) is 5.32. The van der Waals surface area contributed by atoms with Crippen molar-refractivity contribution in [1.82, 2.24) is 0 Å². The van der Waals surface area contributed by atoms with E-state index in [0.29, 0.717) is 0 Å². The van der Waals surface area contributed by atoms with Crippen molar-refractivity contribution in [2.75, 3.05) is 5.32 Å². The van der Waals surface area contributed by atoms with E-state index in [1.807, 2.05) is 0 Å². The van der Waals surface area contributed by atoms with Crippen molar-refractivity contribution in [3.8, 4) is 0 Å². The Balaban J connectivity index is 2.72. The lowest BCUT2D eigenvalue weighted by molar-refractivity contribution is -0.114. The Hall–Kier alpha value is -1.61. The van der Waals surface area contributed by atoms with Crippen LogP contribution in [0.15, 0.2) is 30.3 Å². The van der Waals surface area contributed by atoms with Gasteiger partial charge in [0.05, 0.1) is 0 Å². The molecule has 0 saturated carbocycles. The topological polar surface area (TPSA) is 46.2 Å². The molecule has 3 nitrogen and oxygen atoms in total. The van der Waals surface area contributed by atoms with Gasteiger partial charge in [0.1, 0.15) is 0 Å². The lowest BCUT2D eigenvalue weighted by atomic mass is 10.2. The van der Waals surface area contributed by atoms with Crippen LogP contribution in [0.25, 0.3) is 6.08 Å². The summed E-state index contributed by atoms with van der Waals surface area (Å²) in [5.74, 6) is -0.116. The van der Waals surface area contributed by atoms with Crippen molar-refractivity contribution in [2.45, 2.75) is 6.92 Å². The molecule has 0 atom stereocenters. The van der Waals surface area contributed by atoms with Crippen molar-refractivity contribution >= 4 is 34.5 Å². The molecule has 1 N–H and O–H groups in total. The highest BCUT2D eigenvalue weighted by Crippen LogP contribution is 2.10. The van der Waals surface area contributed by atoms with Crippen molar-refractivity contribution < 1.29 is 9.59 Å². The lowest BCUT2D eigenvalue weighted by Crippen LogP contribution is -2.05. The Morgan fingerprint density at radius 3 is 2.33 bits per heavy atom. The van der Waals surface area contributed by atoms with Gasteiger partial charge in [-0.3, -0.25) is 9.59 Å². The molecule has 4 heteroatoms. The maximum Gasteiger partial charge on any atom is 0.245 e. The predicted octanol–water partition coefficient (Wildman–Crippen LogP) is 2.42. The first-order chi connectivity index (χ1) is 7.08. The van der Waals surface area contributed by atoms with Gasteiger partial charge in [0.15, 0.2) is 0 Å². The van der Waals surface area contributed by atoms with E-state index in [2.05, 4.69) is 5.32 Å². The second-order valence-electron chi connectivity index (χ2n) is 2.94. The zero-order valence-corrected chi connectivity index (χ0v) is 8.91. The van der Waals surface area contributed by atoms with Crippen LogP contribution in [0.1, 0.15) is 12.5 Å². The molecule has 0 aliphatic rings. The van der Waals surface area contributed by atoms with Crippen LogP contribution in [0.3, 0.4) is 0 Å². The number of rotatable bonds is 3. The molecule has 0 aromatic heterocycles. The summed E-state index contributed by atoms with van der Waals surface area (Å²) in [5.41, 5.74) is 1.56. The first-order valence-corrected chi connectivity index (χ1v) is 4.71. The van der Waals surface area contributed by atoms with Crippen LogP contribution >= 0.6 is 11.6 Å². The third kappa shape index (κ3) is 4.42. The number of benzene rings is 1. The summed E-state index contributed by atoms with van der Waals surface area (Å²) in [7, 11) is 0. The van der Waals surface area contributed by atoms with E-state index in [4.69, 9.17) is 11.6 Å². The summed E-state index contributed by atoms with van der Waals surface area (Å²) in [6, 6.07) is 7.06. The van der Waals surface area contributed by atoms with Gasteiger partial charge >= 0.3 is 0 Å². The molecular formula is C11H10ClNO2. The van der Waals surface area contributed by atoms with E-state index in [9.17, 15) is 9.59 Å². The number of amides is 1. The van der Waals surface area contributed by atoms with Gasteiger partial charge in [0.2, 0.25) is 11.1 Å². The smallest absolute Gasteiger partial charge is 0.245 e. The van der Waals surface area contributed by atoms with Crippen LogP contribution < -0.4 is 5.32 Å². The summed E-state index contributed by atoms with van der Waals surface area (Å²) in [6.07, 6.45) is 2.88. The average Bonchev–Trinajstić information content (AvgIpc) is 2.16.